The molecule has 1 saturated carbocycles. The Hall–Kier alpha value is -1.42. The minimum atomic E-state index is -4.19. The lowest BCUT2D eigenvalue weighted by molar-refractivity contribution is 0.372. The molecule has 1 aromatic heterocycles. The molecule has 106 valence electrons. The van der Waals surface area contributed by atoms with Crippen molar-refractivity contribution in [2.24, 2.45) is 7.05 Å². The number of nitrogens with zero attached hydrogens (tertiary/aromatic N) is 1. The lowest BCUT2D eigenvalue weighted by Crippen LogP contribution is -2.17. The maximum atomic E-state index is 11.9. The van der Waals surface area contributed by atoms with E-state index in [4.69, 9.17) is 9.79 Å². The Morgan fingerprint density at radius 1 is 1.30 bits per heavy atom. The first kappa shape index (κ1) is 13.6. The van der Waals surface area contributed by atoms with Crippen molar-refractivity contribution in [3.8, 4) is 0 Å². The van der Waals surface area contributed by atoms with Crippen molar-refractivity contribution < 1.29 is 14.4 Å². The Bertz CT molecular complexity index is 786. The average Bonchev–Trinajstić information content (AvgIpc) is 3.17. The molecular formula is C14H16NO4P. The molecule has 0 atom stereocenters. The van der Waals surface area contributed by atoms with E-state index in [2.05, 4.69) is 0 Å². The van der Waals surface area contributed by atoms with Crippen LogP contribution in [0, 0.1) is 0 Å². The molecule has 6 heteroatoms. The molecule has 20 heavy (non-hydrogen) atoms. The molecule has 0 aliphatic heterocycles. The SMILES string of the molecule is Cn1c(=O)cc(CP(=O)(O)O)c2ccc(C3CC3)cc21. The third-order valence-electron chi connectivity index (χ3n) is 3.78. The van der Waals surface area contributed by atoms with Gasteiger partial charge >= 0.3 is 7.60 Å². The van der Waals surface area contributed by atoms with Gasteiger partial charge in [0.05, 0.1) is 11.7 Å². The van der Waals surface area contributed by atoms with Crippen molar-refractivity contribution >= 4 is 18.5 Å². The van der Waals surface area contributed by atoms with Crippen molar-refractivity contribution in [1.82, 2.24) is 4.57 Å². The Kier molecular flexibility index (Phi) is 3.09. The Morgan fingerprint density at radius 3 is 2.60 bits per heavy atom. The Morgan fingerprint density at radius 2 is 2.00 bits per heavy atom. The van der Waals surface area contributed by atoms with E-state index in [0.29, 0.717) is 11.5 Å². The van der Waals surface area contributed by atoms with Crippen LogP contribution in [0.15, 0.2) is 29.1 Å². The molecule has 5 nitrogen and oxygen atoms in total. The number of benzene rings is 1. The number of aryl methyl sites for hydroxylation is 1. The van der Waals surface area contributed by atoms with Crippen LogP contribution in [0.1, 0.15) is 29.9 Å². The second-order valence-electron chi connectivity index (χ2n) is 5.44. The first-order chi connectivity index (χ1) is 9.35. The van der Waals surface area contributed by atoms with Crippen LogP contribution in [0.2, 0.25) is 0 Å². The molecule has 0 amide bonds. The van der Waals surface area contributed by atoms with E-state index in [-0.39, 0.29) is 5.56 Å². The molecule has 0 saturated heterocycles. The number of hydrogen-bond donors (Lipinski definition) is 2. The molecule has 0 radical (unpaired) electrons. The summed E-state index contributed by atoms with van der Waals surface area (Å²) in [7, 11) is -2.51. The van der Waals surface area contributed by atoms with Crippen LogP contribution in [0.3, 0.4) is 0 Å². The average molecular weight is 293 g/mol. The summed E-state index contributed by atoms with van der Waals surface area (Å²) in [6.07, 6.45) is 1.94. The maximum Gasteiger partial charge on any atom is 0.329 e. The lowest BCUT2D eigenvalue weighted by Gasteiger charge is -2.12. The zero-order chi connectivity index (χ0) is 14.5. The molecule has 2 aromatic rings. The van der Waals surface area contributed by atoms with Gasteiger partial charge in [0, 0.05) is 18.5 Å². The highest BCUT2D eigenvalue weighted by molar-refractivity contribution is 7.50. The molecule has 3 rings (SSSR count). The topological polar surface area (TPSA) is 79.5 Å². The first-order valence-corrected chi connectivity index (χ1v) is 8.32. The van der Waals surface area contributed by atoms with E-state index in [0.717, 1.165) is 10.9 Å². The molecule has 1 fully saturated rings. The second kappa shape index (κ2) is 4.55. The predicted molar refractivity (Wildman–Crippen MR) is 76.9 cm³/mol. The first-order valence-electron chi connectivity index (χ1n) is 6.52. The van der Waals surface area contributed by atoms with Gasteiger partial charge in [-0.2, -0.15) is 0 Å². The monoisotopic (exact) mass is 293 g/mol. The highest BCUT2D eigenvalue weighted by Gasteiger charge is 2.24. The molecule has 1 heterocycles. The van der Waals surface area contributed by atoms with E-state index in [1.165, 1.54) is 29.0 Å². The van der Waals surface area contributed by atoms with Gasteiger partial charge in [0.2, 0.25) is 0 Å². The molecule has 0 spiro atoms. The van der Waals surface area contributed by atoms with Crippen LogP contribution in [0.4, 0.5) is 0 Å². The predicted octanol–water partition coefficient (Wildman–Crippen LogP) is 2.09. The van der Waals surface area contributed by atoms with Gasteiger partial charge in [0.15, 0.2) is 0 Å². The molecule has 1 aromatic carbocycles. The van der Waals surface area contributed by atoms with Crippen LogP contribution in [0.5, 0.6) is 0 Å². The van der Waals surface area contributed by atoms with Gasteiger partial charge in [-0.1, -0.05) is 12.1 Å². The van der Waals surface area contributed by atoms with Crippen molar-refractivity contribution in [3.63, 3.8) is 0 Å². The summed E-state index contributed by atoms with van der Waals surface area (Å²) in [5.74, 6) is 0.569. The number of pyridine rings is 1. The number of hydrogen-bond acceptors (Lipinski definition) is 2. The zero-order valence-electron chi connectivity index (χ0n) is 11.1. The highest BCUT2D eigenvalue weighted by atomic mass is 31.2. The molecule has 0 unspecified atom stereocenters. The standard InChI is InChI=1S/C14H16NO4P/c1-15-13-6-10(9-2-3-9)4-5-12(13)11(7-14(15)16)8-20(17,18)19/h4-7,9H,2-3,8H2,1H3,(H2,17,18,19). The second-order valence-corrected chi connectivity index (χ2v) is 7.09. The molecule has 1 aliphatic rings. The smallest absolute Gasteiger partial charge is 0.324 e. The van der Waals surface area contributed by atoms with Crippen molar-refractivity contribution in [3.05, 3.63) is 45.7 Å². The maximum absolute atomic E-state index is 11.9. The largest absolute Gasteiger partial charge is 0.329 e. The van der Waals surface area contributed by atoms with Gasteiger partial charge < -0.3 is 14.4 Å². The van der Waals surface area contributed by atoms with E-state index < -0.39 is 13.8 Å². The van der Waals surface area contributed by atoms with E-state index >= 15 is 0 Å². The zero-order valence-corrected chi connectivity index (χ0v) is 12.0. The number of rotatable bonds is 3. The summed E-state index contributed by atoms with van der Waals surface area (Å²) in [4.78, 5) is 30.2. The quantitative estimate of drug-likeness (QED) is 0.849. The summed E-state index contributed by atoms with van der Waals surface area (Å²) >= 11 is 0. The summed E-state index contributed by atoms with van der Waals surface area (Å²) in [5, 5.41) is 0.736. The summed E-state index contributed by atoms with van der Waals surface area (Å²) in [6.45, 7) is 0. The summed E-state index contributed by atoms with van der Waals surface area (Å²) < 4.78 is 12.7. The van der Waals surface area contributed by atoms with E-state index in [1.807, 2.05) is 18.2 Å². The van der Waals surface area contributed by atoms with Gasteiger partial charge in [-0.15, -0.1) is 0 Å². The number of fused-ring (bicyclic) bond motifs is 1. The van der Waals surface area contributed by atoms with Crippen molar-refractivity contribution in [2.75, 3.05) is 0 Å². The van der Waals surface area contributed by atoms with Gasteiger partial charge in [-0.25, -0.2) is 0 Å². The summed E-state index contributed by atoms with van der Waals surface area (Å²) in [6, 6.07) is 7.15. The van der Waals surface area contributed by atoms with E-state index in [9.17, 15) is 9.36 Å². The van der Waals surface area contributed by atoms with Crippen LogP contribution in [-0.4, -0.2) is 14.4 Å². The van der Waals surface area contributed by atoms with Crippen LogP contribution >= 0.6 is 7.60 Å². The van der Waals surface area contributed by atoms with Gasteiger partial charge in [0.25, 0.3) is 5.56 Å². The van der Waals surface area contributed by atoms with Crippen LogP contribution in [-0.2, 0) is 17.8 Å². The van der Waals surface area contributed by atoms with Crippen LogP contribution in [0.25, 0.3) is 10.9 Å². The lowest BCUT2D eigenvalue weighted by atomic mass is 10.0. The fourth-order valence-corrected chi connectivity index (χ4v) is 3.27. The van der Waals surface area contributed by atoms with Crippen molar-refractivity contribution in [2.45, 2.75) is 24.9 Å². The van der Waals surface area contributed by atoms with E-state index in [1.54, 1.807) is 7.05 Å². The summed E-state index contributed by atoms with van der Waals surface area (Å²) in [5.41, 5.74) is 2.11. The minimum absolute atomic E-state index is 0.242. The molecule has 2 N–H and O–H groups in total. The fourth-order valence-electron chi connectivity index (χ4n) is 2.56. The fraction of sp³-hybridized carbons (Fsp3) is 0.357. The van der Waals surface area contributed by atoms with Gasteiger partial charge in [-0.05, 0) is 36.0 Å². The third kappa shape index (κ3) is 2.57. The normalized spacial score (nSPS) is 15.8. The molecular weight excluding hydrogens is 277 g/mol. The minimum Gasteiger partial charge on any atom is -0.324 e. The van der Waals surface area contributed by atoms with Crippen molar-refractivity contribution in [1.29, 1.82) is 0 Å². The molecule has 1 aliphatic carbocycles. The van der Waals surface area contributed by atoms with Gasteiger partial charge in [0.1, 0.15) is 0 Å². The van der Waals surface area contributed by atoms with Crippen LogP contribution < -0.4 is 5.56 Å². The Labute approximate surface area is 116 Å². The number of aromatic nitrogens is 1. The van der Waals surface area contributed by atoms with Gasteiger partial charge in [-0.3, -0.25) is 9.36 Å². The molecule has 0 bridgehead atoms. The highest BCUT2D eigenvalue weighted by Crippen LogP contribution is 2.43. The third-order valence-corrected chi connectivity index (χ3v) is 4.54. The Balaban J connectivity index is 2.23.